The van der Waals surface area contributed by atoms with Gasteiger partial charge in [0.05, 0.1) is 23.5 Å². The number of aromatic amines is 1. The number of ether oxygens (including phenoxy) is 1. The van der Waals surface area contributed by atoms with Crippen LogP contribution in [0.4, 0.5) is 0 Å². The smallest absolute Gasteiger partial charge is 0.133 e. The SMILES string of the molecule is COc1ccc(-c2cnc(C(C)CN)[nH]2)cc1Br. The summed E-state index contributed by atoms with van der Waals surface area (Å²) >= 11 is 3.47. The van der Waals surface area contributed by atoms with E-state index in [4.69, 9.17) is 10.5 Å². The van der Waals surface area contributed by atoms with Crippen molar-refractivity contribution in [2.24, 2.45) is 5.73 Å². The van der Waals surface area contributed by atoms with Gasteiger partial charge in [0, 0.05) is 18.0 Å². The first-order valence-corrected chi connectivity index (χ1v) is 6.54. The maximum Gasteiger partial charge on any atom is 0.133 e. The van der Waals surface area contributed by atoms with Crippen molar-refractivity contribution in [1.82, 2.24) is 9.97 Å². The molecule has 1 aromatic carbocycles. The van der Waals surface area contributed by atoms with Crippen LogP contribution >= 0.6 is 15.9 Å². The number of nitrogens with zero attached hydrogens (tertiary/aromatic N) is 1. The van der Waals surface area contributed by atoms with Crippen LogP contribution in [-0.4, -0.2) is 23.6 Å². The molecule has 2 aromatic rings. The van der Waals surface area contributed by atoms with Crippen LogP contribution in [0.3, 0.4) is 0 Å². The van der Waals surface area contributed by atoms with E-state index >= 15 is 0 Å². The monoisotopic (exact) mass is 309 g/mol. The summed E-state index contributed by atoms with van der Waals surface area (Å²) in [5.74, 6) is 1.97. The average Bonchev–Trinajstić information content (AvgIpc) is 2.87. The average molecular weight is 310 g/mol. The number of H-pyrrole nitrogens is 1. The highest BCUT2D eigenvalue weighted by atomic mass is 79.9. The summed E-state index contributed by atoms with van der Waals surface area (Å²) in [6.07, 6.45) is 1.83. The molecular weight excluding hydrogens is 294 g/mol. The third kappa shape index (κ3) is 2.57. The largest absolute Gasteiger partial charge is 0.496 e. The Kier molecular flexibility index (Phi) is 4.04. The summed E-state index contributed by atoms with van der Waals surface area (Å²) in [6, 6.07) is 5.92. The first kappa shape index (κ1) is 13.1. The van der Waals surface area contributed by atoms with Crippen LogP contribution < -0.4 is 10.5 Å². The molecule has 1 heterocycles. The van der Waals surface area contributed by atoms with Gasteiger partial charge < -0.3 is 15.5 Å². The van der Waals surface area contributed by atoms with Crippen molar-refractivity contribution < 1.29 is 4.74 Å². The zero-order valence-electron chi connectivity index (χ0n) is 10.4. The van der Waals surface area contributed by atoms with Crippen molar-refractivity contribution in [1.29, 1.82) is 0 Å². The number of halogens is 1. The molecule has 0 aliphatic rings. The molecule has 0 saturated heterocycles. The van der Waals surface area contributed by atoms with Crippen molar-refractivity contribution in [2.75, 3.05) is 13.7 Å². The maximum atomic E-state index is 5.63. The minimum Gasteiger partial charge on any atom is -0.496 e. The van der Waals surface area contributed by atoms with Gasteiger partial charge in [0.2, 0.25) is 0 Å². The van der Waals surface area contributed by atoms with Crippen LogP contribution in [0.2, 0.25) is 0 Å². The second-order valence-corrected chi connectivity index (χ2v) is 5.02. The number of nitrogens with two attached hydrogens (primary N) is 1. The standard InChI is InChI=1S/C13H16BrN3O/c1-8(6-15)13-16-7-11(17-13)9-3-4-12(18-2)10(14)5-9/h3-5,7-8H,6,15H2,1-2H3,(H,16,17). The Morgan fingerprint density at radius 3 is 2.89 bits per heavy atom. The molecule has 0 radical (unpaired) electrons. The van der Waals surface area contributed by atoms with Crippen LogP contribution in [0, 0.1) is 0 Å². The van der Waals surface area contributed by atoms with Gasteiger partial charge in [-0.15, -0.1) is 0 Å². The number of nitrogens with one attached hydrogen (secondary N) is 1. The molecule has 18 heavy (non-hydrogen) atoms. The van der Waals surface area contributed by atoms with E-state index in [0.29, 0.717) is 6.54 Å². The molecule has 0 bridgehead atoms. The lowest BCUT2D eigenvalue weighted by molar-refractivity contribution is 0.412. The van der Waals surface area contributed by atoms with Crippen LogP contribution in [-0.2, 0) is 0 Å². The van der Waals surface area contributed by atoms with E-state index in [-0.39, 0.29) is 5.92 Å². The summed E-state index contributed by atoms with van der Waals surface area (Å²) in [5, 5.41) is 0. The topological polar surface area (TPSA) is 63.9 Å². The van der Waals surface area contributed by atoms with Gasteiger partial charge in [-0.1, -0.05) is 6.92 Å². The Labute approximate surface area is 115 Å². The Balaban J connectivity index is 2.31. The molecule has 96 valence electrons. The molecule has 0 aliphatic carbocycles. The predicted octanol–water partition coefficient (Wildman–Crippen LogP) is 2.91. The quantitative estimate of drug-likeness (QED) is 0.912. The lowest BCUT2D eigenvalue weighted by atomic mass is 10.1. The van der Waals surface area contributed by atoms with Crippen molar-refractivity contribution in [3.8, 4) is 17.0 Å². The molecule has 0 saturated carbocycles. The minimum absolute atomic E-state index is 0.237. The van der Waals surface area contributed by atoms with E-state index in [0.717, 1.165) is 27.3 Å². The summed E-state index contributed by atoms with van der Waals surface area (Å²) in [7, 11) is 1.65. The Morgan fingerprint density at radius 1 is 1.50 bits per heavy atom. The summed E-state index contributed by atoms with van der Waals surface area (Å²) in [5.41, 5.74) is 7.67. The van der Waals surface area contributed by atoms with Gasteiger partial charge in [-0.05, 0) is 34.1 Å². The number of benzene rings is 1. The van der Waals surface area contributed by atoms with Crippen LogP contribution in [0.25, 0.3) is 11.3 Å². The number of hydrogen-bond acceptors (Lipinski definition) is 3. The maximum absolute atomic E-state index is 5.63. The molecule has 3 N–H and O–H groups in total. The van der Waals surface area contributed by atoms with E-state index in [1.807, 2.05) is 31.3 Å². The highest BCUT2D eigenvalue weighted by molar-refractivity contribution is 9.10. The molecule has 0 fully saturated rings. The fourth-order valence-electron chi connectivity index (χ4n) is 1.68. The van der Waals surface area contributed by atoms with Crippen LogP contribution in [0.1, 0.15) is 18.7 Å². The van der Waals surface area contributed by atoms with Crippen LogP contribution in [0.15, 0.2) is 28.9 Å². The van der Waals surface area contributed by atoms with Crippen molar-refractivity contribution in [3.63, 3.8) is 0 Å². The molecule has 0 amide bonds. The summed E-state index contributed by atoms with van der Waals surface area (Å²) in [6.45, 7) is 2.63. The number of imidazole rings is 1. The zero-order valence-corrected chi connectivity index (χ0v) is 12.0. The Hall–Kier alpha value is -1.33. The highest BCUT2D eigenvalue weighted by Gasteiger charge is 2.10. The lowest BCUT2D eigenvalue weighted by Crippen LogP contribution is -2.10. The highest BCUT2D eigenvalue weighted by Crippen LogP contribution is 2.30. The van der Waals surface area contributed by atoms with Gasteiger partial charge in [-0.2, -0.15) is 0 Å². The van der Waals surface area contributed by atoms with Gasteiger partial charge >= 0.3 is 0 Å². The van der Waals surface area contributed by atoms with Crippen molar-refractivity contribution >= 4 is 15.9 Å². The Bertz CT molecular complexity index is 539. The molecule has 2 rings (SSSR count). The zero-order chi connectivity index (χ0) is 13.1. The molecule has 0 spiro atoms. The fourth-order valence-corrected chi connectivity index (χ4v) is 2.22. The second kappa shape index (κ2) is 5.54. The molecule has 1 unspecified atom stereocenters. The minimum atomic E-state index is 0.237. The molecule has 0 aliphatic heterocycles. The van der Waals surface area contributed by atoms with Crippen molar-refractivity contribution in [2.45, 2.75) is 12.8 Å². The normalized spacial score (nSPS) is 12.4. The third-order valence-corrected chi connectivity index (χ3v) is 3.50. The Morgan fingerprint density at radius 2 is 2.28 bits per heavy atom. The molecular formula is C13H16BrN3O. The van der Waals surface area contributed by atoms with Gasteiger partial charge in [-0.3, -0.25) is 0 Å². The number of hydrogen-bond donors (Lipinski definition) is 2. The van der Waals surface area contributed by atoms with Crippen molar-refractivity contribution in [3.05, 3.63) is 34.7 Å². The molecule has 1 aromatic heterocycles. The van der Waals surface area contributed by atoms with Gasteiger partial charge in [0.25, 0.3) is 0 Å². The van der Waals surface area contributed by atoms with E-state index in [9.17, 15) is 0 Å². The predicted molar refractivity (Wildman–Crippen MR) is 75.7 cm³/mol. The fraction of sp³-hybridized carbons (Fsp3) is 0.308. The number of rotatable bonds is 4. The van der Waals surface area contributed by atoms with E-state index < -0.39 is 0 Å². The first-order chi connectivity index (χ1) is 8.65. The number of aromatic nitrogens is 2. The molecule has 1 atom stereocenters. The third-order valence-electron chi connectivity index (χ3n) is 2.88. The summed E-state index contributed by atoms with van der Waals surface area (Å²) < 4.78 is 6.13. The molecule has 4 nitrogen and oxygen atoms in total. The number of methoxy groups -OCH3 is 1. The first-order valence-electron chi connectivity index (χ1n) is 5.74. The van der Waals surface area contributed by atoms with Gasteiger partial charge in [0.1, 0.15) is 11.6 Å². The summed E-state index contributed by atoms with van der Waals surface area (Å²) in [4.78, 5) is 7.65. The van der Waals surface area contributed by atoms with E-state index in [1.165, 1.54) is 0 Å². The van der Waals surface area contributed by atoms with E-state index in [1.54, 1.807) is 7.11 Å². The lowest BCUT2D eigenvalue weighted by Gasteiger charge is -2.05. The second-order valence-electron chi connectivity index (χ2n) is 4.17. The van der Waals surface area contributed by atoms with Gasteiger partial charge in [0.15, 0.2) is 0 Å². The van der Waals surface area contributed by atoms with E-state index in [2.05, 4.69) is 25.9 Å². The van der Waals surface area contributed by atoms with Crippen LogP contribution in [0.5, 0.6) is 5.75 Å². The van der Waals surface area contributed by atoms with Gasteiger partial charge in [-0.25, -0.2) is 4.98 Å². The molecule has 5 heteroatoms.